The number of nitrogens with zero attached hydrogens (tertiary/aromatic N) is 2. The third-order valence-corrected chi connectivity index (χ3v) is 5.99. The van der Waals surface area contributed by atoms with Gasteiger partial charge in [0.25, 0.3) is 0 Å². The molecule has 136 valence electrons. The van der Waals surface area contributed by atoms with Gasteiger partial charge in [-0.2, -0.15) is 0 Å². The van der Waals surface area contributed by atoms with Gasteiger partial charge in [-0.1, -0.05) is 0 Å². The minimum absolute atomic E-state index is 0.0934. The van der Waals surface area contributed by atoms with E-state index >= 15 is 0 Å². The standard InChI is InChI=1S/C17H21F2N3O2S/c1-21-8-4-5-15(21)16(22-9-2-3-10-22)12-20-25(23,24)17-11-13(18)6-7-14(17)19/h4-8,11,16,20H,2-3,9-10,12H2,1H3. The van der Waals surface area contributed by atoms with Gasteiger partial charge in [0, 0.05) is 25.5 Å². The molecular formula is C17H21F2N3O2S. The van der Waals surface area contributed by atoms with E-state index in [0.29, 0.717) is 6.07 Å². The van der Waals surface area contributed by atoms with E-state index in [1.165, 1.54) is 0 Å². The minimum Gasteiger partial charge on any atom is -0.353 e. The molecule has 0 bridgehead atoms. The first kappa shape index (κ1) is 18.0. The molecule has 1 N–H and O–H groups in total. The summed E-state index contributed by atoms with van der Waals surface area (Å²) in [6.45, 7) is 1.86. The number of aryl methyl sites for hydroxylation is 1. The van der Waals surface area contributed by atoms with Crippen LogP contribution in [-0.2, 0) is 17.1 Å². The molecule has 1 aliphatic heterocycles. The van der Waals surface area contributed by atoms with E-state index in [1.54, 1.807) is 0 Å². The van der Waals surface area contributed by atoms with Crippen molar-refractivity contribution in [3.05, 3.63) is 53.9 Å². The summed E-state index contributed by atoms with van der Waals surface area (Å²) in [7, 11) is -2.24. The van der Waals surface area contributed by atoms with Gasteiger partial charge in [0.05, 0.1) is 6.04 Å². The molecule has 0 aliphatic carbocycles. The Morgan fingerprint density at radius 3 is 2.56 bits per heavy atom. The van der Waals surface area contributed by atoms with Crippen molar-refractivity contribution in [1.29, 1.82) is 0 Å². The van der Waals surface area contributed by atoms with E-state index in [-0.39, 0.29) is 12.6 Å². The van der Waals surface area contributed by atoms with Crippen LogP contribution in [0.1, 0.15) is 24.6 Å². The van der Waals surface area contributed by atoms with Crippen LogP contribution in [0.5, 0.6) is 0 Å². The monoisotopic (exact) mass is 369 g/mol. The molecule has 0 spiro atoms. The van der Waals surface area contributed by atoms with Crippen LogP contribution in [0.2, 0.25) is 0 Å². The summed E-state index contributed by atoms with van der Waals surface area (Å²) in [5.74, 6) is -1.76. The van der Waals surface area contributed by atoms with E-state index in [2.05, 4.69) is 9.62 Å². The van der Waals surface area contributed by atoms with E-state index in [0.717, 1.165) is 43.8 Å². The second-order valence-electron chi connectivity index (χ2n) is 6.23. The molecule has 8 heteroatoms. The zero-order chi connectivity index (χ0) is 18.0. The van der Waals surface area contributed by atoms with Crippen LogP contribution in [0.15, 0.2) is 41.4 Å². The lowest BCUT2D eigenvalue weighted by Gasteiger charge is -2.28. The first-order valence-electron chi connectivity index (χ1n) is 8.18. The summed E-state index contributed by atoms with van der Waals surface area (Å²) >= 11 is 0. The number of benzene rings is 1. The molecule has 1 saturated heterocycles. The Labute approximate surface area is 146 Å². The SMILES string of the molecule is Cn1cccc1C(CNS(=O)(=O)c1cc(F)ccc1F)N1CCCC1. The third-order valence-electron chi connectivity index (χ3n) is 4.56. The quantitative estimate of drug-likeness (QED) is 0.851. The summed E-state index contributed by atoms with van der Waals surface area (Å²) in [6, 6.07) is 6.10. The van der Waals surface area contributed by atoms with Crippen molar-refractivity contribution in [3.63, 3.8) is 0 Å². The fraction of sp³-hybridized carbons (Fsp3) is 0.412. The largest absolute Gasteiger partial charge is 0.353 e. The van der Waals surface area contributed by atoms with Crippen LogP contribution in [0.3, 0.4) is 0 Å². The molecule has 2 aromatic rings. The lowest BCUT2D eigenvalue weighted by atomic mass is 10.2. The van der Waals surface area contributed by atoms with Crippen LogP contribution in [0.4, 0.5) is 8.78 Å². The van der Waals surface area contributed by atoms with Crippen molar-refractivity contribution in [2.45, 2.75) is 23.8 Å². The van der Waals surface area contributed by atoms with Crippen molar-refractivity contribution in [2.75, 3.05) is 19.6 Å². The Bertz CT molecular complexity index is 845. The number of nitrogens with one attached hydrogen (secondary N) is 1. The van der Waals surface area contributed by atoms with E-state index in [1.807, 2.05) is 29.9 Å². The molecular weight excluding hydrogens is 348 g/mol. The van der Waals surface area contributed by atoms with Crippen molar-refractivity contribution in [2.24, 2.45) is 7.05 Å². The van der Waals surface area contributed by atoms with Crippen LogP contribution in [0, 0.1) is 11.6 Å². The maximum absolute atomic E-state index is 13.8. The lowest BCUT2D eigenvalue weighted by molar-refractivity contribution is 0.238. The average Bonchev–Trinajstić information content (AvgIpc) is 3.23. The van der Waals surface area contributed by atoms with E-state index in [4.69, 9.17) is 0 Å². The van der Waals surface area contributed by atoms with Gasteiger partial charge in [-0.3, -0.25) is 4.90 Å². The van der Waals surface area contributed by atoms with Gasteiger partial charge in [-0.05, 0) is 56.3 Å². The van der Waals surface area contributed by atoms with Crippen LogP contribution < -0.4 is 4.72 Å². The van der Waals surface area contributed by atoms with Crippen LogP contribution in [0.25, 0.3) is 0 Å². The molecule has 0 amide bonds. The predicted molar refractivity (Wildman–Crippen MR) is 90.5 cm³/mol. The Morgan fingerprint density at radius 2 is 1.92 bits per heavy atom. The van der Waals surface area contributed by atoms with E-state index in [9.17, 15) is 17.2 Å². The number of halogens is 2. The minimum atomic E-state index is -4.14. The summed E-state index contributed by atoms with van der Waals surface area (Å²) in [4.78, 5) is 1.54. The van der Waals surface area contributed by atoms with Crippen molar-refractivity contribution in [3.8, 4) is 0 Å². The van der Waals surface area contributed by atoms with Gasteiger partial charge >= 0.3 is 0 Å². The topological polar surface area (TPSA) is 54.3 Å². The van der Waals surface area contributed by atoms with Crippen molar-refractivity contribution in [1.82, 2.24) is 14.2 Å². The summed E-state index contributed by atoms with van der Waals surface area (Å²) in [5, 5.41) is 0. The molecule has 0 radical (unpaired) electrons. The Hall–Kier alpha value is -1.77. The molecule has 5 nitrogen and oxygen atoms in total. The fourth-order valence-corrected chi connectivity index (χ4v) is 4.37. The predicted octanol–water partition coefficient (Wildman–Crippen LogP) is 2.42. The Balaban J connectivity index is 1.83. The maximum atomic E-state index is 13.8. The number of hydrogen-bond donors (Lipinski definition) is 1. The summed E-state index contributed by atoms with van der Waals surface area (Å²) in [6.07, 6.45) is 4.03. The van der Waals surface area contributed by atoms with Gasteiger partial charge < -0.3 is 4.57 Å². The maximum Gasteiger partial charge on any atom is 0.243 e. The Kier molecular flexibility index (Phi) is 5.21. The average molecular weight is 369 g/mol. The zero-order valence-electron chi connectivity index (χ0n) is 14.0. The van der Waals surface area contributed by atoms with Crippen molar-refractivity contribution >= 4 is 10.0 Å². The normalized spacial score (nSPS) is 17.1. The van der Waals surface area contributed by atoms with Gasteiger partial charge in [-0.15, -0.1) is 0 Å². The molecule has 1 atom stereocenters. The molecule has 1 unspecified atom stereocenters. The Morgan fingerprint density at radius 1 is 1.20 bits per heavy atom. The smallest absolute Gasteiger partial charge is 0.243 e. The first-order chi connectivity index (χ1) is 11.9. The molecule has 25 heavy (non-hydrogen) atoms. The molecule has 3 rings (SSSR count). The molecule has 1 fully saturated rings. The number of hydrogen-bond acceptors (Lipinski definition) is 3. The molecule has 1 aromatic carbocycles. The van der Waals surface area contributed by atoms with Crippen LogP contribution >= 0.6 is 0 Å². The van der Waals surface area contributed by atoms with Gasteiger partial charge in [0.2, 0.25) is 10.0 Å². The number of likely N-dealkylation sites (tertiary alicyclic amines) is 1. The number of aromatic nitrogens is 1. The number of rotatable bonds is 6. The summed E-state index contributed by atoms with van der Waals surface area (Å²) in [5.41, 5.74) is 0.976. The second-order valence-corrected chi connectivity index (χ2v) is 7.96. The van der Waals surface area contributed by atoms with Gasteiger partial charge in [0.15, 0.2) is 0 Å². The highest BCUT2D eigenvalue weighted by atomic mass is 32.2. The molecule has 1 aliphatic rings. The van der Waals surface area contributed by atoms with Gasteiger partial charge in [0.1, 0.15) is 16.5 Å². The molecule has 0 saturated carbocycles. The highest BCUT2D eigenvalue weighted by molar-refractivity contribution is 7.89. The number of sulfonamides is 1. The zero-order valence-corrected chi connectivity index (χ0v) is 14.8. The molecule has 2 heterocycles. The van der Waals surface area contributed by atoms with Gasteiger partial charge in [-0.25, -0.2) is 21.9 Å². The van der Waals surface area contributed by atoms with Crippen molar-refractivity contribution < 1.29 is 17.2 Å². The van der Waals surface area contributed by atoms with Crippen LogP contribution in [-0.4, -0.2) is 37.5 Å². The summed E-state index contributed by atoms with van der Waals surface area (Å²) < 4.78 is 56.4. The van der Waals surface area contributed by atoms with E-state index < -0.39 is 26.6 Å². The first-order valence-corrected chi connectivity index (χ1v) is 9.67. The lowest BCUT2D eigenvalue weighted by Crippen LogP contribution is -2.37. The highest BCUT2D eigenvalue weighted by Gasteiger charge is 2.28. The second kappa shape index (κ2) is 7.23. The highest BCUT2D eigenvalue weighted by Crippen LogP contribution is 2.25. The fourth-order valence-electron chi connectivity index (χ4n) is 3.24. The molecule has 1 aromatic heterocycles. The third kappa shape index (κ3) is 3.91.